The maximum absolute atomic E-state index is 11.4. The molecule has 0 heterocycles. The molecule has 2 N–H and O–H groups in total. The van der Waals surface area contributed by atoms with Gasteiger partial charge in [0.25, 0.3) is 0 Å². The predicted octanol–water partition coefficient (Wildman–Crippen LogP) is 1.65. The molecule has 0 radical (unpaired) electrons. The van der Waals surface area contributed by atoms with Crippen LogP contribution < -0.4 is 5.43 Å². The lowest BCUT2D eigenvalue weighted by Gasteiger charge is -2.15. The minimum Gasteiger partial charge on any atom is -0.504 e. The fraction of sp³-hybridized carbons (Fsp3) is 0.417. The molecule has 0 aromatic heterocycles. The molecule has 80 valence electrons. The van der Waals surface area contributed by atoms with E-state index in [1.165, 1.54) is 6.07 Å². The van der Waals surface area contributed by atoms with E-state index in [0.29, 0.717) is 0 Å². The van der Waals surface area contributed by atoms with Crippen LogP contribution in [0.3, 0.4) is 0 Å². The van der Waals surface area contributed by atoms with E-state index in [1.807, 2.05) is 6.92 Å². The maximum Gasteiger partial charge on any atom is 0.224 e. The number of hydrogen-bond donors (Lipinski definition) is 2. The second-order valence-electron chi connectivity index (χ2n) is 4.05. The Balaban J connectivity index is 2.84. The highest BCUT2D eigenvalue weighted by molar-refractivity contribution is 5.50. The standard InChI is InChI=1S/C12H14O3/c1-7-6-10(13)12(15)11(14)9-5-3-2-4-8(7)9/h6H,2-5H2,1H3,(H2,13,14,15). The van der Waals surface area contributed by atoms with Crippen molar-refractivity contribution in [2.45, 2.75) is 32.6 Å². The van der Waals surface area contributed by atoms with Crippen LogP contribution in [0.5, 0.6) is 11.5 Å². The van der Waals surface area contributed by atoms with Crippen molar-refractivity contribution in [2.24, 2.45) is 0 Å². The number of aryl methyl sites for hydroxylation is 1. The molecule has 0 bridgehead atoms. The molecule has 0 fully saturated rings. The number of hydrogen-bond acceptors (Lipinski definition) is 3. The van der Waals surface area contributed by atoms with Crippen molar-refractivity contribution in [3.8, 4) is 11.5 Å². The van der Waals surface area contributed by atoms with Gasteiger partial charge >= 0.3 is 0 Å². The SMILES string of the molecule is Cc1cc(=O)c(O)c(O)c2c1CCCC2. The van der Waals surface area contributed by atoms with E-state index in [2.05, 4.69) is 0 Å². The summed E-state index contributed by atoms with van der Waals surface area (Å²) in [6.45, 7) is 1.85. The van der Waals surface area contributed by atoms with Gasteiger partial charge < -0.3 is 10.2 Å². The van der Waals surface area contributed by atoms with Gasteiger partial charge in [0, 0.05) is 5.56 Å². The van der Waals surface area contributed by atoms with Crippen LogP contribution in [0.4, 0.5) is 0 Å². The van der Waals surface area contributed by atoms with Crippen molar-refractivity contribution in [3.63, 3.8) is 0 Å². The molecule has 2 rings (SSSR count). The summed E-state index contributed by atoms with van der Waals surface area (Å²) in [6.07, 6.45) is 3.69. The zero-order valence-electron chi connectivity index (χ0n) is 8.71. The Labute approximate surface area is 88.0 Å². The lowest BCUT2D eigenvalue weighted by atomic mass is 9.90. The van der Waals surface area contributed by atoms with Crippen molar-refractivity contribution in [2.75, 3.05) is 0 Å². The molecule has 0 unspecified atom stereocenters. The molecule has 3 heteroatoms. The molecular weight excluding hydrogens is 192 g/mol. The quantitative estimate of drug-likeness (QED) is 0.678. The molecule has 3 nitrogen and oxygen atoms in total. The molecule has 0 atom stereocenters. The van der Waals surface area contributed by atoms with Gasteiger partial charge in [-0.2, -0.15) is 0 Å². The Morgan fingerprint density at radius 3 is 2.33 bits per heavy atom. The molecule has 0 amide bonds. The van der Waals surface area contributed by atoms with Crippen molar-refractivity contribution < 1.29 is 10.2 Å². The zero-order chi connectivity index (χ0) is 11.0. The van der Waals surface area contributed by atoms with Crippen LogP contribution in [0.1, 0.15) is 29.5 Å². The van der Waals surface area contributed by atoms with Crippen LogP contribution in [0.25, 0.3) is 0 Å². The van der Waals surface area contributed by atoms with Crippen LogP contribution in [0, 0.1) is 6.92 Å². The molecule has 1 aromatic carbocycles. The van der Waals surface area contributed by atoms with Gasteiger partial charge in [0.2, 0.25) is 11.2 Å². The summed E-state index contributed by atoms with van der Waals surface area (Å²) >= 11 is 0. The molecule has 15 heavy (non-hydrogen) atoms. The second kappa shape index (κ2) is 3.57. The molecule has 0 saturated heterocycles. The van der Waals surface area contributed by atoms with Crippen molar-refractivity contribution in [3.05, 3.63) is 33.0 Å². The van der Waals surface area contributed by atoms with Crippen LogP contribution in [-0.2, 0) is 12.8 Å². The van der Waals surface area contributed by atoms with E-state index in [1.54, 1.807) is 0 Å². The smallest absolute Gasteiger partial charge is 0.224 e. The fourth-order valence-electron chi connectivity index (χ4n) is 2.21. The fourth-order valence-corrected chi connectivity index (χ4v) is 2.21. The predicted molar refractivity (Wildman–Crippen MR) is 57.4 cm³/mol. The first-order valence-corrected chi connectivity index (χ1v) is 5.19. The van der Waals surface area contributed by atoms with Gasteiger partial charge in [0.1, 0.15) is 0 Å². The van der Waals surface area contributed by atoms with Crippen LogP contribution in [0.2, 0.25) is 0 Å². The topological polar surface area (TPSA) is 57.5 Å². The molecular formula is C12H14O3. The van der Waals surface area contributed by atoms with Crippen LogP contribution >= 0.6 is 0 Å². The molecule has 1 aliphatic carbocycles. The number of rotatable bonds is 0. The Kier molecular flexibility index (Phi) is 2.39. The van der Waals surface area contributed by atoms with E-state index in [-0.39, 0.29) is 5.75 Å². The van der Waals surface area contributed by atoms with Crippen molar-refractivity contribution in [1.82, 2.24) is 0 Å². The van der Waals surface area contributed by atoms with E-state index >= 15 is 0 Å². The van der Waals surface area contributed by atoms with E-state index in [4.69, 9.17) is 0 Å². The summed E-state index contributed by atoms with van der Waals surface area (Å²) in [7, 11) is 0. The van der Waals surface area contributed by atoms with Gasteiger partial charge in [-0.15, -0.1) is 0 Å². The molecule has 0 saturated carbocycles. The summed E-state index contributed by atoms with van der Waals surface area (Å²) in [5.41, 5.74) is 2.14. The highest BCUT2D eigenvalue weighted by Crippen LogP contribution is 2.33. The third kappa shape index (κ3) is 1.58. The molecule has 1 aliphatic rings. The summed E-state index contributed by atoms with van der Waals surface area (Å²) in [5.74, 6) is -0.732. The third-order valence-electron chi connectivity index (χ3n) is 3.03. The van der Waals surface area contributed by atoms with Gasteiger partial charge in [-0.1, -0.05) is 0 Å². The normalized spacial score (nSPS) is 14.7. The van der Waals surface area contributed by atoms with Gasteiger partial charge in [-0.05, 0) is 49.8 Å². The average molecular weight is 206 g/mol. The van der Waals surface area contributed by atoms with Gasteiger partial charge in [0.15, 0.2) is 5.75 Å². The summed E-state index contributed by atoms with van der Waals surface area (Å²) in [4.78, 5) is 11.4. The van der Waals surface area contributed by atoms with Gasteiger partial charge in [0.05, 0.1) is 0 Å². The van der Waals surface area contributed by atoms with Gasteiger partial charge in [-0.25, -0.2) is 0 Å². The first-order valence-electron chi connectivity index (χ1n) is 5.19. The zero-order valence-corrected chi connectivity index (χ0v) is 8.71. The Bertz CT molecular complexity index is 463. The molecule has 0 aliphatic heterocycles. The van der Waals surface area contributed by atoms with E-state index < -0.39 is 11.2 Å². The minimum absolute atomic E-state index is 0.220. The number of fused-ring (bicyclic) bond motifs is 1. The van der Waals surface area contributed by atoms with Crippen LogP contribution in [-0.4, -0.2) is 10.2 Å². The van der Waals surface area contributed by atoms with Crippen LogP contribution in [0.15, 0.2) is 10.9 Å². The van der Waals surface area contributed by atoms with Gasteiger partial charge in [-0.3, -0.25) is 4.79 Å². The minimum atomic E-state index is -0.513. The van der Waals surface area contributed by atoms with E-state index in [9.17, 15) is 15.0 Å². The Morgan fingerprint density at radius 2 is 1.67 bits per heavy atom. The van der Waals surface area contributed by atoms with Crippen molar-refractivity contribution >= 4 is 0 Å². The van der Waals surface area contributed by atoms with Crippen molar-refractivity contribution in [1.29, 1.82) is 0 Å². The first-order chi connectivity index (χ1) is 7.11. The number of aromatic hydroxyl groups is 2. The maximum atomic E-state index is 11.4. The second-order valence-corrected chi connectivity index (χ2v) is 4.05. The lowest BCUT2D eigenvalue weighted by Crippen LogP contribution is -2.02. The lowest BCUT2D eigenvalue weighted by molar-refractivity contribution is 0.395. The molecule has 0 spiro atoms. The monoisotopic (exact) mass is 206 g/mol. The Hall–Kier alpha value is -1.51. The summed E-state index contributed by atoms with van der Waals surface area (Å²) in [6, 6.07) is 1.40. The Morgan fingerprint density at radius 1 is 1.07 bits per heavy atom. The first kappa shape index (κ1) is 10.0. The summed E-state index contributed by atoms with van der Waals surface area (Å²) in [5, 5.41) is 19.2. The van der Waals surface area contributed by atoms with E-state index in [0.717, 1.165) is 42.4 Å². The molecule has 1 aromatic rings. The largest absolute Gasteiger partial charge is 0.504 e. The highest BCUT2D eigenvalue weighted by Gasteiger charge is 2.18. The summed E-state index contributed by atoms with van der Waals surface area (Å²) < 4.78 is 0. The third-order valence-corrected chi connectivity index (χ3v) is 3.03. The highest BCUT2D eigenvalue weighted by atomic mass is 16.3. The average Bonchev–Trinajstić information content (AvgIpc) is 2.33.